The number of nitrogens with one attached hydrogen (secondary N) is 2. The molecule has 1 heterocycles. The molecule has 0 bridgehead atoms. The van der Waals surface area contributed by atoms with Gasteiger partial charge in [-0.3, -0.25) is 4.79 Å². The van der Waals surface area contributed by atoms with E-state index in [1.807, 2.05) is 42.6 Å². The fourth-order valence-electron chi connectivity index (χ4n) is 3.12. The highest BCUT2D eigenvalue weighted by Gasteiger charge is 2.26. The summed E-state index contributed by atoms with van der Waals surface area (Å²) in [6.07, 6.45) is 3.59. The number of amides is 1. The van der Waals surface area contributed by atoms with Gasteiger partial charge in [-0.2, -0.15) is 0 Å². The van der Waals surface area contributed by atoms with Crippen molar-refractivity contribution >= 4 is 22.5 Å². The van der Waals surface area contributed by atoms with E-state index in [-0.39, 0.29) is 11.8 Å². The summed E-state index contributed by atoms with van der Waals surface area (Å²) >= 11 is 0. The van der Waals surface area contributed by atoms with Crippen molar-refractivity contribution in [1.29, 1.82) is 0 Å². The number of carbonyl (C=O) groups is 1. The SMILES string of the molecule is O=C(Nc1ccc2[nH]ccc2c1)C1Cc2ccccc2C1. The van der Waals surface area contributed by atoms with Gasteiger partial charge >= 0.3 is 0 Å². The molecule has 1 amide bonds. The maximum absolute atomic E-state index is 12.4. The molecule has 2 N–H and O–H groups in total. The molecule has 1 aliphatic carbocycles. The Morgan fingerprint density at radius 2 is 1.81 bits per heavy atom. The number of benzene rings is 2. The minimum absolute atomic E-state index is 0.0457. The van der Waals surface area contributed by atoms with Crippen LogP contribution >= 0.6 is 0 Å². The lowest BCUT2D eigenvalue weighted by Gasteiger charge is -2.10. The molecule has 0 saturated carbocycles. The molecule has 0 spiro atoms. The van der Waals surface area contributed by atoms with Gasteiger partial charge in [0.1, 0.15) is 0 Å². The van der Waals surface area contributed by atoms with E-state index in [0.29, 0.717) is 0 Å². The maximum atomic E-state index is 12.4. The Kier molecular flexibility index (Phi) is 2.78. The lowest BCUT2D eigenvalue weighted by Crippen LogP contribution is -2.23. The van der Waals surface area contributed by atoms with Crippen molar-refractivity contribution in [2.24, 2.45) is 5.92 Å². The van der Waals surface area contributed by atoms with Gasteiger partial charge in [0.2, 0.25) is 5.91 Å². The Morgan fingerprint density at radius 1 is 1.05 bits per heavy atom. The number of hydrogen-bond acceptors (Lipinski definition) is 1. The van der Waals surface area contributed by atoms with Crippen LogP contribution in [0.15, 0.2) is 54.7 Å². The van der Waals surface area contributed by atoms with E-state index in [1.54, 1.807) is 0 Å². The highest BCUT2D eigenvalue weighted by atomic mass is 16.1. The molecule has 0 saturated heterocycles. The summed E-state index contributed by atoms with van der Waals surface area (Å²) in [5.74, 6) is 0.158. The third-order valence-electron chi connectivity index (χ3n) is 4.24. The van der Waals surface area contributed by atoms with E-state index in [0.717, 1.165) is 29.4 Å². The van der Waals surface area contributed by atoms with E-state index in [2.05, 4.69) is 22.4 Å². The molecule has 21 heavy (non-hydrogen) atoms. The molecular formula is C18H16N2O. The lowest BCUT2D eigenvalue weighted by atomic mass is 10.1. The van der Waals surface area contributed by atoms with Crippen LogP contribution in [0.3, 0.4) is 0 Å². The Balaban J connectivity index is 1.51. The smallest absolute Gasteiger partial charge is 0.228 e. The Bertz CT molecular complexity index is 794. The predicted molar refractivity (Wildman–Crippen MR) is 84.3 cm³/mol. The molecule has 0 fully saturated rings. The number of H-pyrrole nitrogens is 1. The van der Waals surface area contributed by atoms with Gasteiger partial charge in [-0.25, -0.2) is 0 Å². The molecule has 0 unspecified atom stereocenters. The number of hydrogen-bond donors (Lipinski definition) is 2. The van der Waals surface area contributed by atoms with Gasteiger partial charge in [0.05, 0.1) is 0 Å². The van der Waals surface area contributed by atoms with Gasteiger partial charge in [0.25, 0.3) is 0 Å². The van der Waals surface area contributed by atoms with Gasteiger partial charge in [-0.05, 0) is 48.2 Å². The first-order chi connectivity index (χ1) is 10.3. The van der Waals surface area contributed by atoms with Gasteiger partial charge in [-0.15, -0.1) is 0 Å². The largest absolute Gasteiger partial charge is 0.361 e. The zero-order valence-electron chi connectivity index (χ0n) is 11.6. The summed E-state index contributed by atoms with van der Waals surface area (Å²) in [5.41, 5.74) is 4.56. The molecule has 1 aromatic heterocycles. The van der Waals surface area contributed by atoms with Gasteiger partial charge in [0.15, 0.2) is 0 Å². The molecule has 0 radical (unpaired) electrons. The van der Waals surface area contributed by atoms with Gasteiger partial charge < -0.3 is 10.3 Å². The van der Waals surface area contributed by atoms with Crippen molar-refractivity contribution in [3.05, 3.63) is 65.9 Å². The van der Waals surface area contributed by atoms with Crippen LogP contribution in [-0.2, 0) is 17.6 Å². The molecule has 2 aromatic carbocycles. The zero-order chi connectivity index (χ0) is 14.2. The molecule has 3 nitrogen and oxygen atoms in total. The number of anilines is 1. The third-order valence-corrected chi connectivity index (χ3v) is 4.24. The molecule has 3 aromatic rings. The van der Waals surface area contributed by atoms with Crippen LogP contribution in [0.25, 0.3) is 10.9 Å². The molecule has 3 heteroatoms. The van der Waals surface area contributed by atoms with Crippen LogP contribution in [0, 0.1) is 5.92 Å². The minimum Gasteiger partial charge on any atom is -0.361 e. The number of aromatic amines is 1. The van der Waals surface area contributed by atoms with Crippen molar-refractivity contribution in [2.45, 2.75) is 12.8 Å². The summed E-state index contributed by atoms with van der Waals surface area (Å²) < 4.78 is 0. The zero-order valence-corrected chi connectivity index (χ0v) is 11.6. The van der Waals surface area contributed by atoms with Crippen molar-refractivity contribution in [3.8, 4) is 0 Å². The predicted octanol–water partition coefficient (Wildman–Crippen LogP) is 3.52. The second-order valence-corrected chi connectivity index (χ2v) is 5.64. The van der Waals surface area contributed by atoms with Crippen molar-refractivity contribution in [1.82, 2.24) is 4.98 Å². The number of rotatable bonds is 2. The Morgan fingerprint density at radius 3 is 2.57 bits per heavy atom. The maximum Gasteiger partial charge on any atom is 0.228 e. The van der Waals surface area contributed by atoms with E-state index < -0.39 is 0 Å². The van der Waals surface area contributed by atoms with E-state index in [1.165, 1.54) is 11.1 Å². The average molecular weight is 276 g/mol. The first-order valence-corrected chi connectivity index (χ1v) is 7.24. The molecule has 4 rings (SSSR count). The second-order valence-electron chi connectivity index (χ2n) is 5.64. The van der Waals surface area contributed by atoms with Gasteiger partial charge in [-0.1, -0.05) is 24.3 Å². The lowest BCUT2D eigenvalue weighted by molar-refractivity contribution is -0.119. The summed E-state index contributed by atoms with van der Waals surface area (Å²) in [4.78, 5) is 15.6. The minimum atomic E-state index is 0.0457. The number of carbonyl (C=O) groups excluding carboxylic acids is 1. The van der Waals surface area contributed by atoms with Crippen LogP contribution in [0.2, 0.25) is 0 Å². The monoisotopic (exact) mass is 276 g/mol. The quantitative estimate of drug-likeness (QED) is 0.739. The van der Waals surface area contributed by atoms with Gasteiger partial charge in [0, 0.05) is 28.7 Å². The third kappa shape index (κ3) is 2.21. The van der Waals surface area contributed by atoms with Crippen molar-refractivity contribution in [2.75, 3.05) is 5.32 Å². The molecule has 104 valence electrons. The topological polar surface area (TPSA) is 44.9 Å². The summed E-state index contributed by atoms with van der Waals surface area (Å²) in [6.45, 7) is 0. The highest BCUT2D eigenvalue weighted by molar-refractivity contribution is 5.95. The number of aromatic nitrogens is 1. The van der Waals surface area contributed by atoms with E-state index >= 15 is 0 Å². The normalized spacial score (nSPS) is 14.3. The summed E-state index contributed by atoms with van der Waals surface area (Å²) in [5, 5.41) is 4.16. The van der Waals surface area contributed by atoms with Crippen molar-refractivity contribution in [3.63, 3.8) is 0 Å². The first-order valence-electron chi connectivity index (χ1n) is 7.24. The van der Waals surface area contributed by atoms with E-state index in [4.69, 9.17) is 0 Å². The van der Waals surface area contributed by atoms with Crippen molar-refractivity contribution < 1.29 is 4.79 Å². The first kappa shape index (κ1) is 12.2. The van der Waals surface area contributed by atoms with Crippen LogP contribution in [0.5, 0.6) is 0 Å². The number of fused-ring (bicyclic) bond motifs is 2. The second kappa shape index (κ2) is 4.77. The molecule has 0 aliphatic heterocycles. The highest BCUT2D eigenvalue weighted by Crippen LogP contribution is 2.27. The Hall–Kier alpha value is -2.55. The Labute approximate surface area is 123 Å². The standard InChI is InChI=1S/C18H16N2O/c21-18(15-9-12-3-1-2-4-13(12)10-15)20-16-5-6-17-14(11-16)7-8-19-17/h1-8,11,15,19H,9-10H2,(H,20,21). The fraction of sp³-hybridized carbons (Fsp3) is 0.167. The molecule has 0 atom stereocenters. The van der Waals surface area contributed by atoms with Crippen LogP contribution in [0.1, 0.15) is 11.1 Å². The molecule has 1 aliphatic rings. The summed E-state index contributed by atoms with van der Waals surface area (Å²) in [7, 11) is 0. The summed E-state index contributed by atoms with van der Waals surface area (Å²) in [6, 6.07) is 16.3. The van der Waals surface area contributed by atoms with Crippen LogP contribution in [0.4, 0.5) is 5.69 Å². The molecular weight excluding hydrogens is 260 g/mol. The van der Waals surface area contributed by atoms with E-state index in [9.17, 15) is 4.79 Å². The fourth-order valence-corrected chi connectivity index (χ4v) is 3.12. The van der Waals surface area contributed by atoms with Crippen LogP contribution in [-0.4, -0.2) is 10.9 Å². The van der Waals surface area contributed by atoms with Crippen LogP contribution < -0.4 is 5.32 Å². The average Bonchev–Trinajstić information content (AvgIpc) is 3.13.